The van der Waals surface area contributed by atoms with E-state index in [1.54, 1.807) is 25.2 Å². The predicted molar refractivity (Wildman–Crippen MR) is 88.7 cm³/mol. The highest BCUT2D eigenvalue weighted by Gasteiger charge is 2.07. The fraction of sp³-hybridized carbons (Fsp3) is 0.176. The number of hydrogen-bond acceptors (Lipinski definition) is 4. The van der Waals surface area contributed by atoms with Gasteiger partial charge in [0.1, 0.15) is 12.1 Å². The first-order valence-corrected chi connectivity index (χ1v) is 7.97. The zero-order chi connectivity index (χ0) is 15.4. The van der Waals surface area contributed by atoms with E-state index in [-0.39, 0.29) is 0 Å². The standard InChI is InChI=1S/C17H17N3OS/c1-13-3-5-14(6-4-13)11-22-17-19-18-12-20(17)15-7-9-16(21-2)10-8-15/h3-10,12H,11H2,1-2H3. The zero-order valence-corrected chi connectivity index (χ0v) is 13.4. The lowest BCUT2D eigenvalue weighted by molar-refractivity contribution is 0.414. The molecule has 0 unspecified atom stereocenters. The maximum Gasteiger partial charge on any atom is 0.195 e. The molecule has 1 aromatic heterocycles. The molecule has 2 aromatic carbocycles. The summed E-state index contributed by atoms with van der Waals surface area (Å²) in [6.45, 7) is 2.09. The quantitative estimate of drug-likeness (QED) is 0.671. The largest absolute Gasteiger partial charge is 0.497 e. The van der Waals surface area contributed by atoms with Gasteiger partial charge >= 0.3 is 0 Å². The third-order valence-electron chi connectivity index (χ3n) is 3.36. The van der Waals surface area contributed by atoms with Gasteiger partial charge in [-0.25, -0.2) is 0 Å². The van der Waals surface area contributed by atoms with Crippen molar-refractivity contribution in [2.75, 3.05) is 7.11 Å². The average Bonchev–Trinajstić information content (AvgIpc) is 3.03. The molecular formula is C17H17N3OS. The Balaban J connectivity index is 1.75. The van der Waals surface area contributed by atoms with E-state index in [1.807, 2.05) is 28.8 Å². The normalized spacial score (nSPS) is 10.6. The second-order valence-electron chi connectivity index (χ2n) is 4.96. The minimum atomic E-state index is 0.839. The lowest BCUT2D eigenvalue weighted by atomic mass is 10.2. The number of nitrogens with zero attached hydrogens (tertiary/aromatic N) is 3. The summed E-state index contributed by atoms with van der Waals surface area (Å²) in [5, 5.41) is 9.12. The van der Waals surface area contributed by atoms with E-state index >= 15 is 0 Å². The Labute approximate surface area is 134 Å². The fourth-order valence-electron chi connectivity index (χ4n) is 2.07. The number of hydrogen-bond donors (Lipinski definition) is 0. The van der Waals surface area contributed by atoms with Gasteiger partial charge in [-0.05, 0) is 36.8 Å². The van der Waals surface area contributed by atoms with Crippen LogP contribution in [0.25, 0.3) is 5.69 Å². The molecule has 5 heteroatoms. The van der Waals surface area contributed by atoms with Gasteiger partial charge in [0.2, 0.25) is 0 Å². The van der Waals surface area contributed by atoms with Crippen molar-refractivity contribution in [3.63, 3.8) is 0 Å². The van der Waals surface area contributed by atoms with Crippen molar-refractivity contribution in [2.45, 2.75) is 17.8 Å². The van der Waals surface area contributed by atoms with E-state index in [0.29, 0.717) is 0 Å². The number of methoxy groups -OCH3 is 1. The van der Waals surface area contributed by atoms with Crippen LogP contribution in [0.5, 0.6) is 5.75 Å². The summed E-state index contributed by atoms with van der Waals surface area (Å²) >= 11 is 1.68. The maximum atomic E-state index is 5.19. The molecule has 3 aromatic rings. The minimum Gasteiger partial charge on any atom is -0.497 e. The van der Waals surface area contributed by atoms with Crippen molar-refractivity contribution >= 4 is 11.8 Å². The van der Waals surface area contributed by atoms with Crippen molar-refractivity contribution in [3.05, 3.63) is 66.0 Å². The highest BCUT2D eigenvalue weighted by molar-refractivity contribution is 7.98. The van der Waals surface area contributed by atoms with Gasteiger partial charge in [0.25, 0.3) is 0 Å². The van der Waals surface area contributed by atoms with Crippen LogP contribution in [0.2, 0.25) is 0 Å². The van der Waals surface area contributed by atoms with Gasteiger partial charge in [-0.2, -0.15) is 0 Å². The van der Waals surface area contributed by atoms with Crippen LogP contribution in [0, 0.1) is 6.92 Å². The Bertz CT molecular complexity index is 735. The molecule has 0 spiro atoms. The minimum absolute atomic E-state index is 0.839. The van der Waals surface area contributed by atoms with Crippen molar-refractivity contribution in [3.8, 4) is 11.4 Å². The van der Waals surface area contributed by atoms with Crippen LogP contribution in [0.4, 0.5) is 0 Å². The summed E-state index contributed by atoms with van der Waals surface area (Å²) in [5.41, 5.74) is 3.58. The van der Waals surface area contributed by atoms with Gasteiger partial charge in [-0.3, -0.25) is 4.57 Å². The SMILES string of the molecule is COc1ccc(-n2cnnc2SCc2ccc(C)cc2)cc1. The van der Waals surface area contributed by atoms with E-state index in [9.17, 15) is 0 Å². The third kappa shape index (κ3) is 3.31. The van der Waals surface area contributed by atoms with Crippen LogP contribution in [-0.2, 0) is 5.75 Å². The van der Waals surface area contributed by atoms with Crippen molar-refractivity contribution in [1.29, 1.82) is 0 Å². The molecule has 0 saturated carbocycles. The van der Waals surface area contributed by atoms with Gasteiger partial charge in [-0.1, -0.05) is 41.6 Å². The Hall–Kier alpha value is -2.27. The first-order valence-electron chi connectivity index (χ1n) is 6.99. The van der Waals surface area contributed by atoms with Crippen molar-refractivity contribution in [2.24, 2.45) is 0 Å². The lowest BCUT2D eigenvalue weighted by Crippen LogP contribution is -1.95. The monoisotopic (exact) mass is 311 g/mol. The molecule has 0 N–H and O–H groups in total. The molecule has 0 aliphatic carbocycles. The number of thioether (sulfide) groups is 1. The van der Waals surface area contributed by atoms with Crippen LogP contribution in [0.3, 0.4) is 0 Å². The smallest absolute Gasteiger partial charge is 0.195 e. The number of aromatic nitrogens is 3. The molecule has 0 fully saturated rings. The second kappa shape index (κ2) is 6.66. The molecular weight excluding hydrogens is 294 g/mol. The van der Waals surface area contributed by atoms with Gasteiger partial charge in [0.05, 0.1) is 7.11 Å². The highest BCUT2D eigenvalue weighted by Crippen LogP contribution is 2.24. The number of aryl methyl sites for hydroxylation is 1. The van der Waals surface area contributed by atoms with E-state index in [4.69, 9.17) is 4.74 Å². The third-order valence-corrected chi connectivity index (χ3v) is 4.37. The maximum absolute atomic E-state index is 5.19. The first kappa shape index (κ1) is 14.7. The number of benzene rings is 2. The van der Waals surface area contributed by atoms with E-state index in [2.05, 4.69) is 41.4 Å². The number of ether oxygens (including phenoxy) is 1. The topological polar surface area (TPSA) is 39.9 Å². The second-order valence-corrected chi connectivity index (χ2v) is 5.90. The van der Waals surface area contributed by atoms with Crippen LogP contribution < -0.4 is 4.74 Å². The molecule has 0 amide bonds. The van der Waals surface area contributed by atoms with Crippen LogP contribution in [-0.4, -0.2) is 21.9 Å². The van der Waals surface area contributed by atoms with Crippen LogP contribution >= 0.6 is 11.8 Å². The summed E-state index contributed by atoms with van der Waals surface area (Å²) in [6, 6.07) is 16.4. The molecule has 0 radical (unpaired) electrons. The average molecular weight is 311 g/mol. The summed E-state index contributed by atoms with van der Waals surface area (Å²) in [7, 11) is 1.66. The summed E-state index contributed by atoms with van der Waals surface area (Å²) in [5.74, 6) is 1.71. The molecule has 3 rings (SSSR count). The summed E-state index contributed by atoms with van der Waals surface area (Å²) in [6.07, 6.45) is 1.74. The Morgan fingerprint density at radius 2 is 1.77 bits per heavy atom. The first-order chi connectivity index (χ1) is 10.8. The molecule has 0 atom stereocenters. The summed E-state index contributed by atoms with van der Waals surface area (Å²) in [4.78, 5) is 0. The molecule has 112 valence electrons. The molecule has 0 bridgehead atoms. The van der Waals surface area contributed by atoms with E-state index in [1.165, 1.54) is 11.1 Å². The van der Waals surface area contributed by atoms with Crippen molar-refractivity contribution in [1.82, 2.24) is 14.8 Å². The van der Waals surface area contributed by atoms with E-state index in [0.717, 1.165) is 22.3 Å². The zero-order valence-electron chi connectivity index (χ0n) is 12.6. The van der Waals surface area contributed by atoms with Crippen molar-refractivity contribution < 1.29 is 4.74 Å². The summed E-state index contributed by atoms with van der Waals surface area (Å²) < 4.78 is 7.17. The highest BCUT2D eigenvalue weighted by atomic mass is 32.2. The van der Waals surface area contributed by atoms with E-state index < -0.39 is 0 Å². The molecule has 22 heavy (non-hydrogen) atoms. The van der Waals surface area contributed by atoms with Gasteiger partial charge < -0.3 is 4.74 Å². The lowest BCUT2D eigenvalue weighted by Gasteiger charge is -2.07. The molecule has 1 heterocycles. The fourth-order valence-corrected chi connectivity index (χ4v) is 2.96. The molecule has 4 nitrogen and oxygen atoms in total. The Morgan fingerprint density at radius 1 is 1.05 bits per heavy atom. The molecule has 0 aliphatic rings. The van der Waals surface area contributed by atoms with Gasteiger partial charge in [-0.15, -0.1) is 10.2 Å². The molecule has 0 saturated heterocycles. The predicted octanol–water partition coefficient (Wildman–Crippen LogP) is 3.88. The Morgan fingerprint density at radius 3 is 2.45 bits per heavy atom. The van der Waals surface area contributed by atoms with Gasteiger partial charge in [0.15, 0.2) is 5.16 Å². The van der Waals surface area contributed by atoms with Crippen LogP contribution in [0.15, 0.2) is 60.0 Å². The number of rotatable bonds is 5. The Kier molecular flexibility index (Phi) is 4.44. The van der Waals surface area contributed by atoms with Crippen LogP contribution in [0.1, 0.15) is 11.1 Å². The van der Waals surface area contributed by atoms with Gasteiger partial charge in [0, 0.05) is 11.4 Å². The molecule has 0 aliphatic heterocycles.